The van der Waals surface area contributed by atoms with Crippen LogP contribution in [0.5, 0.6) is 0 Å². The highest BCUT2D eigenvalue weighted by Gasteiger charge is 2.15. The SMILES string of the molecule is O=C(O)c1cc(Br)cn1-c1ncccc1Br. The molecule has 82 valence electrons. The summed E-state index contributed by atoms with van der Waals surface area (Å²) in [4.78, 5) is 15.2. The molecule has 0 unspecified atom stereocenters. The van der Waals surface area contributed by atoms with Gasteiger partial charge in [0.1, 0.15) is 5.69 Å². The first kappa shape index (κ1) is 11.3. The molecule has 0 saturated heterocycles. The summed E-state index contributed by atoms with van der Waals surface area (Å²) in [5.41, 5.74) is 0.159. The van der Waals surface area contributed by atoms with Crippen LogP contribution in [-0.2, 0) is 0 Å². The molecule has 0 fully saturated rings. The highest BCUT2D eigenvalue weighted by atomic mass is 79.9. The van der Waals surface area contributed by atoms with Crippen LogP contribution in [0.15, 0.2) is 39.5 Å². The van der Waals surface area contributed by atoms with Crippen molar-refractivity contribution in [3.63, 3.8) is 0 Å². The molecule has 2 aromatic heterocycles. The zero-order valence-electron chi connectivity index (χ0n) is 7.89. The summed E-state index contributed by atoms with van der Waals surface area (Å²) in [7, 11) is 0. The van der Waals surface area contributed by atoms with E-state index in [-0.39, 0.29) is 5.69 Å². The largest absolute Gasteiger partial charge is 0.477 e. The number of halogens is 2. The predicted octanol–water partition coefficient (Wildman–Crippen LogP) is 3.10. The molecular weight excluding hydrogens is 340 g/mol. The van der Waals surface area contributed by atoms with Crippen LogP contribution in [0.2, 0.25) is 0 Å². The summed E-state index contributed by atoms with van der Waals surface area (Å²) < 4.78 is 2.94. The Morgan fingerprint density at radius 1 is 1.44 bits per heavy atom. The molecule has 0 aromatic carbocycles. The topological polar surface area (TPSA) is 55.1 Å². The molecule has 0 amide bonds. The van der Waals surface area contributed by atoms with Crippen molar-refractivity contribution in [1.29, 1.82) is 0 Å². The predicted molar refractivity (Wildman–Crippen MR) is 65.9 cm³/mol. The van der Waals surface area contributed by atoms with Gasteiger partial charge < -0.3 is 5.11 Å². The van der Waals surface area contributed by atoms with Gasteiger partial charge in [0.2, 0.25) is 0 Å². The second kappa shape index (κ2) is 4.39. The number of carbonyl (C=O) groups is 1. The number of aromatic carboxylic acids is 1. The highest BCUT2D eigenvalue weighted by Crippen LogP contribution is 2.23. The van der Waals surface area contributed by atoms with Crippen molar-refractivity contribution in [2.24, 2.45) is 0 Å². The van der Waals surface area contributed by atoms with E-state index < -0.39 is 5.97 Å². The van der Waals surface area contributed by atoms with Crippen LogP contribution in [0.3, 0.4) is 0 Å². The van der Waals surface area contributed by atoms with E-state index in [0.29, 0.717) is 10.3 Å². The van der Waals surface area contributed by atoms with E-state index in [4.69, 9.17) is 5.11 Å². The number of rotatable bonds is 2. The maximum absolute atomic E-state index is 11.0. The average molecular weight is 346 g/mol. The molecule has 16 heavy (non-hydrogen) atoms. The summed E-state index contributed by atoms with van der Waals surface area (Å²) in [6.07, 6.45) is 3.27. The van der Waals surface area contributed by atoms with Gasteiger partial charge in [-0.3, -0.25) is 4.57 Å². The molecule has 0 aliphatic rings. The first-order chi connectivity index (χ1) is 7.59. The van der Waals surface area contributed by atoms with E-state index >= 15 is 0 Å². The first-order valence-corrected chi connectivity index (χ1v) is 5.90. The smallest absolute Gasteiger partial charge is 0.352 e. The maximum atomic E-state index is 11.0. The fourth-order valence-corrected chi connectivity index (χ4v) is 2.19. The lowest BCUT2D eigenvalue weighted by atomic mass is 10.4. The summed E-state index contributed by atoms with van der Waals surface area (Å²) in [6.45, 7) is 0. The van der Waals surface area contributed by atoms with Gasteiger partial charge in [-0.2, -0.15) is 0 Å². The number of aromatic nitrogens is 2. The van der Waals surface area contributed by atoms with Crippen molar-refractivity contribution in [2.45, 2.75) is 0 Å². The van der Waals surface area contributed by atoms with E-state index in [9.17, 15) is 4.79 Å². The van der Waals surface area contributed by atoms with Crippen LogP contribution >= 0.6 is 31.9 Å². The molecule has 0 saturated carbocycles. The molecule has 0 atom stereocenters. The van der Waals surface area contributed by atoms with Gasteiger partial charge in [-0.15, -0.1) is 0 Å². The zero-order valence-corrected chi connectivity index (χ0v) is 11.1. The summed E-state index contributed by atoms with van der Waals surface area (Å²) in [5.74, 6) is -0.450. The number of hydrogen-bond acceptors (Lipinski definition) is 2. The quantitative estimate of drug-likeness (QED) is 0.909. The monoisotopic (exact) mass is 344 g/mol. The Labute approximate surface area is 108 Å². The molecule has 2 aromatic rings. The lowest BCUT2D eigenvalue weighted by Crippen LogP contribution is -2.07. The average Bonchev–Trinajstić information content (AvgIpc) is 2.61. The number of hydrogen-bond donors (Lipinski definition) is 1. The van der Waals surface area contributed by atoms with Crippen molar-refractivity contribution in [3.8, 4) is 5.82 Å². The lowest BCUT2D eigenvalue weighted by molar-refractivity contribution is 0.0688. The zero-order chi connectivity index (χ0) is 11.7. The van der Waals surface area contributed by atoms with Crippen molar-refractivity contribution >= 4 is 37.8 Å². The van der Waals surface area contributed by atoms with Crippen LogP contribution in [0.4, 0.5) is 0 Å². The third kappa shape index (κ3) is 2.03. The Morgan fingerprint density at radius 3 is 2.81 bits per heavy atom. The van der Waals surface area contributed by atoms with Crippen LogP contribution in [0, 0.1) is 0 Å². The van der Waals surface area contributed by atoms with Gasteiger partial charge in [-0.25, -0.2) is 9.78 Å². The van der Waals surface area contributed by atoms with Crippen molar-refractivity contribution in [1.82, 2.24) is 9.55 Å². The van der Waals surface area contributed by atoms with Gasteiger partial charge >= 0.3 is 5.97 Å². The van der Waals surface area contributed by atoms with E-state index in [1.807, 2.05) is 6.07 Å². The summed E-state index contributed by atoms with van der Waals surface area (Å²) in [6, 6.07) is 5.11. The minimum atomic E-state index is -0.997. The molecule has 4 nitrogen and oxygen atoms in total. The summed E-state index contributed by atoms with van der Waals surface area (Å²) in [5, 5.41) is 9.05. The second-order valence-electron chi connectivity index (χ2n) is 3.03. The van der Waals surface area contributed by atoms with Crippen molar-refractivity contribution in [2.75, 3.05) is 0 Å². The van der Waals surface area contributed by atoms with Gasteiger partial charge in [0, 0.05) is 16.9 Å². The molecule has 0 spiro atoms. The van der Waals surface area contributed by atoms with Crippen LogP contribution in [0.1, 0.15) is 10.5 Å². The minimum Gasteiger partial charge on any atom is -0.477 e. The first-order valence-electron chi connectivity index (χ1n) is 4.31. The Bertz CT molecular complexity index is 552. The molecule has 6 heteroatoms. The Morgan fingerprint density at radius 2 is 2.19 bits per heavy atom. The van der Waals surface area contributed by atoms with Gasteiger partial charge in [0.25, 0.3) is 0 Å². The lowest BCUT2D eigenvalue weighted by Gasteiger charge is -2.06. The van der Waals surface area contributed by atoms with E-state index in [1.165, 1.54) is 10.6 Å². The standard InChI is InChI=1S/C10H6Br2N2O2/c11-6-4-8(10(15)16)14(5-6)9-7(12)2-1-3-13-9/h1-5H,(H,15,16). The minimum absolute atomic E-state index is 0.159. The van der Waals surface area contributed by atoms with Crippen molar-refractivity contribution in [3.05, 3.63) is 45.2 Å². The van der Waals surface area contributed by atoms with E-state index in [2.05, 4.69) is 36.8 Å². The molecule has 2 rings (SSSR count). The molecule has 2 heterocycles. The van der Waals surface area contributed by atoms with E-state index in [0.717, 1.165) is 4.47 Å². The van der Waals surface area contributed by atoms with Crippen LogP contribution in [0.25, 0.3) is 5.82 Å². The number of carboxylic acid groups (broad SMARTS) is 1. The van der Waals surface area contributed by atoms with Gasteiger partial charge in [-0.1, -0.05) is 0 Å². The Hall–Kier alpha value is -1.14. The Kier molecular flexibility index (Phi) is 3.11. The Balaban J connectivity index is 2.64. The number of nitrogens with zero attached hydrogens (tertiary/aromatic N) is 2. The van der Waals surface area contributed by atoms with Gasteiger partial charge in [-0.05, 0) is 50.1 Å². The molecule has 0 radical (unpaired) electrons. The fraction of sp³-hybridized carbons (Fsp3) is 0. The third-order valence-electron chi connectivity index (χ3n) is 1.97. The molecule has 1 N–H and O–H groups in total. The maximum Gasteiger partial charge on any atom is 0.352 e. The normalized spacial score (nSPS) is 10.4. The third-order valence-corrected chi connectivity index (χ3v) is 3.03. The van der Waals surface area contributed by atoms with E-state index in [1.54, 1.807) is 18.5 Å². The summed E-state index contributed by atoms with van der Waals surface area (Å²) >= 11 is 6.58. The van der Waals surface area contributed by atoms with Gasteiger partial charge in [0.05, 0.1) is 4.47 Å². The molecule has 0 aliphatic carbocycles. The highest BCUT2D eigenvalue weighted by molar-refractivity contribution is 9.10. The molecule has 0 bridgehead atoms. The molecular formula is C10H6Br2N2O2. The number of pyridine rings is 1. The van der Waals surface area contributed by atoms with Crippen molar-refractivity contribution < 1.29 is 9.90 Å². The van der Waals surface area contributed by atoms with Gasteiger partial charge in [0.15, 0.2) is 5.82 Å². The van der Waals surface area contributed by atoms with Crippen LogP contribution < -0.4 is 0 Å². The molecule has 0 aliphatic heterocycles. The van der Waals surface area contributed by atoms with Crippen LogP contribution in [-0.4, -0.2) is 20.6 Å². The second-order valence-corrected chi connectivity index (χ2v) is 4.80. The fourth-order valence-electron chi connectivity index (χ4n) is 1.32. The number of carboxylic acids is 1.